The number of benzene rings is 1. The van der Waals surface area contributed by atoms with Crippen LogP contribution in [0.15, 0.2) is 23.1 Å². The Bertz CT molecular complexity index is 639. The normalized spacial score (nSPS) is 14.6. The highest BCUT2D eigenvalue weighted by Crippen LogP contribution is 2.27. The van der Waals surface area contributed by atoms with E-state index in [4.69, 9.17) is 0 Å². The van der Waals surface area contributed by atoms with Gasteiger partial charge in [0.05, 0.1) is 4.90 Å². The zero-order valence-electron chi connectivity index (χ0n) is 13.0. The molecular weight excluding hydrogens is 302 g/mol. The molecule has 2 amide bonds. The van der Waals surface area contributed by atoms with Gasteiger partial charge >= 0.3 is 6.03 Å². The van der Waals surface area contributed by atoms with Crippen LogP contribution in [0.3, 0.4) is 0 Å². The van der Waals surface area contributed by atoms with Gasteiger partial charge in [-0.05, 0) is 49.8 Å². The topological polar surface area (TPSA) is 87.3 Å². The Hall–Kier alpha value is -1.60. The van der Waals surface area contributed by atoms with Gasteiger partial charge in [-0.3, -0.25) is 0 Å². The van der Waals surface area contributed by atoms with Crippen LogP contribution in [0, 0.1) is 19.8 Å². The van der Waals surface area contributed by atoms with E-state index < -0.39 is 10.0 Å². The number of urea groups is 1. The summed E-state index contributed by atoms with van der Waals surface area (Å²) in [5, 5.41) is 5.40. The summed E-state index contributed by atoms with van der Waals surface area (Å²) in [5.41, 5.74) is 1.59. The monoisotopic (exact) mass is 325 g/mol. The first kappa shape index (κ1) is 16.8. The lowest BCUT2D eigenvalue weighted by Gasteiger charge is -2.11. The maximum atomic E-state index is 12.2. The van der Waals surface area contributed by atoms with Gasteiger partial charge in [0.1, 0.15) is 0 Å². The van der Waals surface area contributed by atoms with Crippen molar-refractivity contribution in [2.75, 3.05) is 19.6 Å². The molecule has 0 aromatic heterocycles. The van der Waals surface area contributed by atoms with E-state index in [1.54, 1.807) is 19.1 Å². The first-order valence-corrected chi connectivity index (χ1v) is 8.95. The predicted octanol–water partition coefficient (Wildman–Crippen LogP) is 1.29. The number of hydrogen-bond donors (Lipinski definition) is 3. The molecule has 1 aromatic rings. The summed E-state index contributed by atoms with van der Waals surface area (Å²) < 4.78 is 27.0. The van der Waals surface area contributed by atoms with Crippen molar-refractivity contribution < 1.29 is 13.2 Å². The van der Waals surface area contributed by atoms with E-state index in [9.17, 15) is 13.2 Å². The fourth-order valence-corrected chi connectivity index (χ4v) is 3.42. The summed E-state index contributed by atoms with van der Waals surface area (Å²) in [7, 11) is -3.55. The van der Waals surface area contributed by atoms with Crippen LogP contribution in [0.4, 0.5) is 4.79 Å². The third kappa shape index (κ3) is 4.99. The van der Waals surface area contributed by atoms with E-state index in [1.807, 2.05) is 13.0 Å². The number of rotatable bonds is 7. The van der Waals surface area contributed by atoms with Gasteiger partial charge in [0.25, 0.3) is 0 Å². The Morgan fingerprint density at radius 2 is 1.91 bits per heavy atom. The zero-order valence-corrected chi connectivity index (χ0v) is 13.8. The van der Waals surface area contributed by atoms with Gasteiger partial charge in [0, 0.05) is 19.6 Å². The molecule has 0 aliphatic heterocycles. The van der Waals surface area contributed by atoms with E-state index in [0.717, 1.165) is 5.56 Å². The van der Waals surface area contributed by atoms with Crippen molar-refractivity contribution in [3.05, 3.63) is 29.3 Å². The van der Waals surface area contributed by atoms with Gasteiger partial charge in [0.2, 0.25) is 10.0 Å². The molecule has 0 saturated heterocycles. The number of carbonyl (C=O) groups is 1. The first-order chi connectivity index (χ1) is 10.4. The predicted molar refractivity (Wildman–Crippen MR) is 85.2 cm³/mol. The van der Waals surface area contributed by atoms with Gasteiger partial charge in [-0.1, -0.05) is 12.1 Å². The lowest BCUT2D eigenvalue weighted by atomic mass is 10.2. The molecule has 1 aliphatic carbocycles. The molecule has 1 aromatic carbocycles. The summed E-state index contributed by atoms with van der Waals surface area (Å²) in [6, 6.07) is 5.05. The smallest absolute Gasteiger partial charge is 0.314 e. The third-order valence-electron chi connectivity index (χ3n) is 3.58. The van der Waals surface area contributed by atoms with Gasteiger partial charge in [-0.15, -0.1) is 0 Å². The second-order valence-electron chi connectivity index (χ2n) is 5.75. The van der Waals surface area contributed by atoms with Crippen molar-refractivity contribution in [1.82, 2.24) is 15.4 Å². The summed E-state index contributed by atoms with van der Waals surface area (Å²) in [6.07, 6.45) is 2.35. The van der Waals surface area contributed by atoms with Gasteiger partial charge in [-0.25, -0.2) is 17.9 Å². The summed E-state index contributed by atoms with van der Waals surface area (Å²) in [5.74, 6) is 0.619. The summed E-state index contributed by atoms with van der Waals surface area (Å²) in [4.78, 5) is 11.8. The van der Waals surface area contributed by atoms with Crippen LogP contribution in [0.1, 0.15) is 24.0 Å². The highest BCUT2D eigenvalue weighted by Gasteiger charge is 2.21. The average Bonchev–Trinajstić information content (AvgIpc) is 3.28. The van der Waals surface area contributed by atoms with Crippen LogP contribution < -0.4 is 15.4 Å². The Kier molecular flexibility index (Phi) is 5.42. The molecule has 1 saturated carbocycles. The molecule has 7 heteroatoms. The van der Waals surface area contributed by atoms with Crippen LogP contribution >= 0.6 is 0 Å². The molecule has 0 bridgehead atoms. The highest BCUT2D eigenvalue weighted by atomic mass is 32.2. The summed E-state index contributed by atoms with van der Waals surface area (Å²) in [6.45, 7) is 4.72. The molecular formula is C15H23N3O3S. The molecule has 122 valence electrons. The van der Waals surface area contributed by atoms with Crippen molar-refractivity contribution in [3.63, 3.8) is 0 Å². The second kappa shape index (κ2) is 7.11. The van der Waals surface area contributed by atoms with E-state index >= 15 is 0 Å². The number of amides is 2. The van der Waals surface area contributed by atoms with Crippen LogP contribution in [-0.2, 0) is 10.0 Å². The van der Waals surface area contributed by atoms with Crippen LogP contribution in [0.2, 0.25) is 0 Å². The fourth-order valence-electron chi connectivity index (χ4n) is 2.06. The average molecular weight is 325 g/mol. The quantitative estimate of drug-likeness (QED) is 0.660. The minimum Gasteiger partial charge on any atom is -0.338 e. The summed E-state index contributed by atoms with van der Waals surface area (Å²) >= 11 is 0. The molecule has 22 heavy (non-hydrogen) atoms. The molecule has 0 spiro atoms. The Labute approximate surface area is 131 Å². The van der Waals surface area contributed by atoms with Gasteiger partial charge in [0.15, 0.2) is 0 Å². The van der Waals surface area contributed by atoms with E-state index in [2.05, 4.69) is 15.4 Å². The molecule has 1 aliphatic rings. The molecule has 3 N–H and O–H groups in total. The van der Waals surface area contributed by atoms with Crippen molar-refractivity contribution >= 4 is 16.1 Å². The Morgan fingerprint density at radius 3 is 2.59 bits per heavy atom. The fraction of sp³-hybridized carbons (Fsp3) is 0.533. The van der Waals surface area contributed by atoms with Crippen LogP contribution in [0.25, 0.3) is 0 Å². The molecule has 0 unspecified atom stereocenters. The van der Waals surface area contributed by atoms with E-state index in [0.29, 0.717) is 18.0 Å². The molecule has 2 rings (SSSR count). The minimum atomic E-state index is -3.55. The van der Waals surface area contributed by atoms with Crippen molar-refractivity contribution in [3.8, 4) is 0 Å². The molecule has 0 radical (unpaired) electrons. The second-order valence-corrected chi connectivity index (χ2v) is 7.48. The largest absolute Gasteiger partial charge is 0.338 e. The maximum Gasteiger partial charge on any atom is 0.314 e. The third-order valence-corrected chi connectivity index (χ3v) is 5.19. The lowest BCUT2D eigenvalue weighted by molar-refractivity contribution is 0.240. The highest BCUT2D eigenvalue weighted by molar-refractivity contribution is 7.89. The van der Waals surface area contributed by atoms with Crippen molar-refractivity contribution in [1.29, 1.82) is 0 Å². The SMILES string of the molecule is Cc1ccc(C)c(S(=O)(=O)NCCNC(=O)NCC2CC2)c1. The number of aryl methyl sites for hydroxylation is 2. The number of nitrogens with one attached hydrogen (secondary N) is 3. The molecule has 1 fully saturated rings. The van der Waals surface area contributed by atoms with E-state index in [-0.39, 0.29) is 24.0 Å². The lowest BCUT2D eigenvalue weighted by Crippen LogP contribution is -2.41. The Balaban J connectivity index is 1.77. The first-order valence-electron chi connectivity index (χ1n) is 7.47. The standard InChI is InChI=1S/C15H23N3O3S/c1-11-3-4-12(2)14(9-11)22(20,21)18-8-7-16-15(19)17-10-13-5-6-13/h3-4,9,13,18H,5-8,10H2,1-2H3,(H2,16,17,19). The molecule has 6 nitrogen and oxygen atoms in total. The molecule has 0 atom stereocenters. The minimum absolute atomic E-state index is 0.159. The molecule has 0 heterocycles. The van der Waals surface area contributed by atoms with E-state index in [1.165, 1.54) is 12.8 Å². The van der Waals surface area contributed by atoms with Crippen molar-refractivity contribution in [2.45, 2.75) is 31.6 Å². The van der Waals surface area contributed by atoms with Gasteiger partial charge in [-0.2, -0.15) is 0 Å². The number of sulfonamides is 1. The number of carbonyl (C=O) groups excluding carboxylic acids is 1. The number of hydrogen-bond acceptors (Lipinski definition) is 3. The van der Waals surface area contributed by atoms with Crippen LogP contribution in [0.5, 0.6) is 0 Å². The Morgan fingerprint density at radius 1 is 1.18 bits per heavy atom. The van der Waals surface area contributed by atoms with Crippen LogP contribution in [-0.4, -0.2) is 34.1 Å². The van der Waals surface area contributed by atoms with Crippen molar-refractivity contribution in [2.24, 2.45) is 5.92 Å². The van der Waals surface area contributed by atoms with Gasteiger partial charge < -0.3 is 10.6 Å². The maximum absolute atomic E-state index is 12.2. The zero-order chi connectivity index (χ0) is 16.2.